The molecule has 178 valence electrons. The lowest BCUT2D eigenvalue weighted by Crippen LogP contribution is -2.48. The molecule has 8 nitrogen and oxygen atoms in total. The lowest BCUT2D eigenvalue weighted by molar-refractivity contribution is 0.0622. The molecule has 0 bridgehead atoms. The zero-order chi connectivity index (χ0) is 23.2. The van der Waals surface area contributed by atoms with Crippen molar-refractivity contribution in [3.63, 3.8) is 0 Å². The Kier molecular flexibility index (Phi) is 7.28. The summed E-state index contributed by atoms with van der Waals surface area (Å²) in [6.07, 6.45) is 3.36. The lowest BCUT2D eigenvalue weighted by Gasteiger charge is -2.34. The van der Waals surface area contributed by atoms with Gasteiger partial charge in [0.1, 0.15) is 6.26 Å². The quantitative estimate of drug-likeness (QED) is 0.536. The van der Waals surface area contributed by atoms with E-state index in [1.807, 2.05) is 29.3 Å². The Morgan fingerprint density at radius 1 is 0.765 bits per heavy atom. The monoisotopic (exact) mass is 460 g/mol. The largest absolute Gasteiger partial charge is 0.447 e. The number of aromatic nitrogens is 2. The van der Waals surface area contributed by atoms with Gasteiger partial charge < -0.3 is 9.32 Å². The Hall–Kier alpha value is -3.07. The van der Waals surface area contributed by atoms with Crippen LogP contribution < -0.4 is 0 Å². The van der Waals surface area contributed by atoms with E-state index in [0.29, 0.717) is 31.2 Å². The first-order valence-corrected chi connectivity index (χ1v) is 12.1. The van der Waals surface area contributed by atoms with Gasteiger partial charge >= 0.3 is 0 Å². The van der Waals surface area contributed by atoms with Gasteiger partial charge in [-0.1, -0.05) is 36.4 Å². The van der Waals surface area contributed by atoms with Crippen LogP contribution in [0.25, 0.3) is 0 Å². The SMILES string of the molecule is O=C(c1coc(CN2CCN(Cc3ccccn3)CC2)n1)N1CCN(Cc2ccccc2)CC1. The molecular weight excluding hydrogens is 428 g/mol. The molecule has 34 heavy (non-hydrogen) atoms. The van der Waals surface area contributed by atoms with E-state index in [9.17, 15) is 4.79 Å². The van der Waals surface area contributed by atoms with Crippen LogP contribution in [0.15, 0.2) is 65.4 Å². The molecule has 0 aliphatic carbocycles. The third-order valence-corrected chi connectivity index (χ3v) is 6.61. The van der Waals surface area contributed by atoms with Crippen LogP contribution in [0.5, 0.6) is 0 Å². The van der Waals surface area contributed by atoms with E-state index in [4.69, 9.17) is 4.42 Å². The molecule has 0 spiro atoms. The number of amides is 1. The molecule has 8 heteroatoms. The maximum Gasteiger partial charge on any atom is 0.275 e. The van der Waals surface area contributed by atoms with Crippen molar-refractivity contribution in [2.24, 2.45) is 0 Å². The zero-order valence-electron chi connectivity index (χ0n) is 19.6. The number of carbonyl (C=O) groups excluding carboxylic acids is 1. The average Bonchev–Trinajstić information content (AvgIpc) is 3.35. The molecular formula is C26H32N6O2. The molecule has 3 aromatic rings. The topological polar surface area (TPSA) is 69.0 Å². The fraction of sp³-hybridized carbons (Fsp3) is 0.423. The summed E-state index contributed by atoms with van der Waals surface area (Å²) in [7, 11) is 0. The number of pyridine rings is 1. The molecule has 0 N–H and O–H groups in total. The molecule has 2 aliphatic heterocycles. The van der Waals surface area contributed by atoms with Crippen molar-refractivity contribution in [1.29, 1.82) is 0 Å². The summed E-state index contributed by atoms with van der Waals surface area (Å²) in [6.45, 7) is 9.46. The Labute approximate surface area is 200 Å². The van der Waals surface area contributed by atoms with Crippen molar-refractivity contribution in [2.45, 2.75) is 19.6 Å². The van der Waals surface area contributed by atoms with Gasteiger partial charge in [-0.25, -0.2) is 4.98 Å². The van der Waals surface area contributed by atoms with Crippen molar-refractivity contribution >= 4 is 5.91 Å². The summed E-state index contributed by atoms with van der Waals surface area (Å²) in [6, 6.07) is 16.5. The normalized spacial score (nSPS) is 18.3. The highest BCUT2D eigenvalue weighted by Crippen LogP contribution is 2.14. The third kappa shape index (κ3) is 5.88. The summed E-state index contributed by atoms with van der Waals surface area (Å²) in [5, 5.41) is 0. The van der Waals surface area contributed by atoms with Crippen LogP contribution >= 0.6 is 0 Å². The van der Waals surface area contributed by atoms with Crippen molar-refractivity contribution in [2.75, 3.05) is 52.4 Å². The fourth-order valence-electron chi connectivity index (χ4n) is 4.61. The molecule has 2 aromatic heterocycles. The predicted molar refractivity (Wildman–Crippen MR) is 129 cm³/mol. The van der Waals surface area contributed by atoms with Gasteiger partial charge in [-0.2, -0.15) is 0 Å². The Balaban J connectivity index is 1.06. The van der Waals surface area contributed by atoms with Gasteiger partial charge in [-0.3, -0.25) is 24.5 Å². The number of nitrogens with zero attached hydrogens (tertiary/aromatic N) is 6. The van der Waals surface area contributed by atoms with Crippen LogP contribution in [0.3, 0.4) is 0 Å². The second-order valence-corrected chi connectivity index (χ2v) is 9.05. The smallest absolute Gasteiger partial charge is 0.275 e. The maximum absolute atomic E-state index is 12.9. The fourth-order valence-corrected chi connectivity index (χ4v) is 4.61. The number of hydrogen-bond donors (Lipinski definition) is 0. The number of hydrogen-bond acceptors (Lipinski definition) is 7. The van der Waals surface area contributed by atoms with E-state index in [1.54, 1.807) is 0 Å². The Morgan fingerprint density at radius 2 is 1.41 bits per heavy atom. The minimum Gasteiger partial charge on any atom is -0.447 e. The van der Waals surface area contributed by atoms with Crippen molar-refractivity contribution in [3.05, 3.63) is 83.8 Å². The highest BCUT2D eigenvalue weighted by atomic mass is 16.3. The molecule has 5 rings (SSSR count). The number of piperazine rings is 2. The Morgan fingerprint density at radius 3 is 2.12 bits per heavy atom. The summed E-state index contributed by atoms with van der Waals surface area (Å²) >= 11 is 0. The van der Waals surface area contributed by atoms with Crippen LogP contribution in [0.2, 0.25) is 0 Å². The van der Waals surface area contributed by atoms with Gasteiger partial charge in [0.2, 0.25) is 5.89 Å². The second kappa shape index (κ2) is 10.9. The molecule has 4 heterocycles. The molecule has 2 aliphatic rings. The van der Waals surface area contributed by atoms with Crippen LogP contribution in [-0.2, 0) is 19.6 Å². The highest BCUT2D eigenvalue weighted by Gasteiger charge is 2.25. The summed E-state index contributed by atoms with van der Waals surface area (Å²) in [5.41, 5.74) is 2.83. The average molecular weight is 461 g/mol. The van der Waals surface area contributed by atoms with Crippen LogP contribution in [-0.4, -0.2) is 87.8 Å². The number of oxazole rings is 1. The van der Waals surface area contributed by atoms with Gasteiger partial charge in [0.05, 0.1) is 12.2 Å². The zero-order valence-corrected chi connectivity index (χ0v) is 19.6. The number of benzene rings is 1. The molecule has 0 atom stereocenters. The van der Waals surface area contributed by atoms with E-state index in [-0.39, 0.29) is 5.91 Å². The first kappa shape index (κ1) is 22.7. The molecule has 0 radical (unpaired) electrons. The second-order valence-electron chi connectivity index (χ2n) is 9.05. The lowest BCUT2D eigenvalue weighted by atomic mass is 10.2. The van der Waals surface area contributed by atoms with E-state index < -0.39 is 0 Å². The van der Waals surface area contributed by atoms with Crippen LogP contribution in [0.1, 0.15) is 27.6 Å². The van der Waals surface area contributed by atoms with Crippen molar-refractivity contribution in [1.82, 2.24) is 29.6 Å². The molecule has 1 amide bonds. The number of rotatable bonds is 7. The first-order valence-electron chi connectivity index (χ1n) is 12.1. The first-order chi connectivity index (χ1) is 16.7. The van der Waals surface area contributed by atoms with Gasteiger partial charge in [0.25, 0.3) is 5.91 Å². The Bertz CT molecular complexity index is 1040. The maximum atomic E-state index is 12.9. The van der Waals surface area contributed by atoms with Crippen LogP contribution in [0.4, 0.5) is 0 Å². The summed E-state index contributed by atoms with van der Waals surface area (Å²) < 4.78 is 5.67. The highest BCUT2D eigenvalue weighted by molar-refractivity contribution is 5.92. The number of carbonyl (C=O) groups is 1. The van der Waals surface area contributed by atoms with Gasteiger partial charge in [0.15, 0.2) is 5.69 Å². The van der Waals surface area contributed by atoms with Gasteiger partial charge in [-0.15, -0.1) is 0 Å². The summed E-state index contributed by atoms with van der Waals surface area (Å²) in [5.74, 6) is 0.582. The summed E-state index contributed by atoms with van der Waals surface area (Å²) in [4.78, 5) is 30.9. The van der Waals surface area contributed by atoms with Gasteiger partial charge in [0, 0.05) is 71.6 Å². The van der Waals surface area contributed by atoms with Gasteiger partial charge in [-0.05, 0) is 17.7 Å². The third-order valence-electron chi connectivity index (χ3n) is 6.61. The van der Waals surface area contributed by atoms with Crippen molar-refractivity contribution < 1.29 is 9.21 Å². The van der Waals surface area contributed by atoms with E-state index in [2.05, 4.69) is 55.0 Å². The van der Waals surface area contributed by atoms with E-state index in [0.717, 1.165) is 58.1 Å². The van der Waals surface area contributed by atoms with E-state index >= 15 is 0 Å². The molecule has 2 saturated heterocycles. The molecule has 1 aromatic carbocycles. The molecule has 0 saturated carbocycles. The van der Waals surface area contributed by atoms with Crippen molar-refractivity contribution in [3.8, 4) is 0 Å². The predicted octanol–water partition coefficient (Wildman–Crippen LogP) is 2.35. The molecule has 0 unspecified atom stereocenters. The van der Waals surface area contributed by atoms with E-state index in [1.165, 1.54) is 11.8 Å². The molecule has 2 fully saturated rings. The minimum atomic E-state index is -0.0328. The van der Waals surface area contributed by atoms with Crippen LogP contribution in [0, 0.1) is 0 Å². The minimum absolute atomic E-state index is 0.0328. The standard InChI is InChI=1S/C26H32N6O2/c33-26(32-16-14-29(15-17-32)18-22-6-2-1-3-7-22)24-21-34-25(28-24)20-31-12-10-30(11-13-31)19-23-8-4-5-9-27-23/h1-9,21H,10-20H2.